The van der Waals surface area contributed by atoms with E-state index in [4.69, 9.17) is 28.9 Å². The van der Waals surface area contributed by atoms with Crippen LogP contribution in [0.4, 0.5) is 5.69 Å². The van der Waals surface area contributed by atoms with Crippen molar-refractivity contribution in [1.82, 2.24) is 10.2 Å². The second-order valence-corrected chi connectivity index (χ2v) is 6.86. The Labute approximate surface area is 134 Å². The molecule has 2 atom stereocenters. The molecule has 3 N–H and O–H groups in total. The molecule has 2 fully saturated rings. The van der Waals surface area contributed by atoms with Gasteiger partial charge in [-0.15, -0.1) is 0 Å². The molecule has 21 heavy (non-hydrogen) atoms. The molecule has 0 spiro atoms. The molecule has 4 nitrogen and oxygen atoms in total. The molecule has 2 saturated heterocycles. The van der Waals surface area contributed by atoms with E-state index in [1.807, 2.05) is 0 Å². The summed E-state index contributed by atoms with van der Waals surface area (Å²) in [4.78, 5) is 14.8. The molecule has 2 bridgehead atoms. The summed E-state index contributed by atoms with van der Waals surface area (Å²) in [6.45, 7) is 0. The van der Waals surface area contributed by atoms with Crippen molar-refractivity contribution in [3.8, 4) is 0 Å². The maximum atomic E-state index is 12.4. The van der Waals surface area contributed by atoms with Gasteiger partial charge in [-0.25, -0.2) is 0 Å². The van der Waals surface area contributed by atoms with Crippen LogP contribution in [0, 0.1) is 0 Å². The number of halogens is 2. The number of hydrogen-bond donors (Lipinski definition) is 2. The highest BCUT2D eigenvalue weighted by atomic mass is 35.5. The number of nitrogens with one attached hydrogen (secondary N) is 1. The van der Waals surface area contributed by atoms with E-state index in [0.717, 1.165) is 12.8 Å². The fourth-order valence-corrected chi connectivity index (χ4v) is 4.00. The van der Waals surface area contributed by atoms with Crippen LogP contribution in [0.1, 0.15) is 36.0 Å². The van der Waals surface area contributed by atoms with Crippen molar-refractivity contribution in [1.29, 1.82) is 0 Å². The van der Waals surface area contributed by atoms with Crippen LogP contribution < -0.4 is 11.1 Å². The number of benzene rings is 1. The number of fused-ring (bicyclic) bond motifs is 2. The summed E-state index contributed by atoms with van der Waals surface area (Å²) in [5, 5.41) is 3.74. The van der Waals surface area contributed by atoms with Gasteiger partial charge in [-0.3, -0.25) is 4.79 Å². The minimum Gasteiger partial charge on any atom is -0.396 e. The van der Waals surface area contributed by atoms with Crippen LogP contribution in [-0.2, 0) is 0 Å². The third kappa shape index (κ3) is 2.85. The molecule has 114 valence electrons. The van der Waals surface area contributed by atoms with Gasteiger partial charge in [0.05, 0.1) is 15.7 Å². The Bertz CT molecular complexity index is 541. The Morgan fingerprint density at radius 2 is 1.76 bits per heavy atom. The number of piperidine rings is 1. The number of carbonyl (C=O) groups excluding carboxylic acids is 1. The molecule has 0 radical (unpaired) electrons. The highest BCUT2D eigenvalue weighted by Crippen LogP contribution is 2.34. The summed E-state index contributed by atoms with van der Waals surface area (Å²) in [6, 6.07) is 4.55. The van der Waals surface area contributed by atoms with Crippen LogP contribution in [0.2, 0.25) is 10.0 Å². The fraction of sp³-hybridized carbons (Fsp3) is 0.533. The number of anilines is 1. The zero-order valence-electron chi connectivity index (χ0n) is 11.9. The Morgan fingerprint density at radius 3 is 2.29 bits per heavy atom. The van der Waals surface area contributed by atoms with Gasteiger partial charge >= 0.3 is 0 Å². The van der Waals surface area contributed by atoms with E-state index >= 15 is 0 Å². The predicted octanol–water partition coefficient (Wildman–Crippen LogP) is 2.93. The van der Waals surface area contributed by atoms with Gasteiger partial charge in [0.2, 0.25) is 0 Å². The lowest BCUT2D eigenvalue weighted by Crippen LogP contribution is -2.48. The SMILES string of the molecule is CN1C2CCC1CC(NC(=O)c1cc(Cl)c(N)c(Cl)c1)C2. The molecule has 2 unspecified atom stereocenters. The van der Waals surface area contributed by atoms with Crippen molar-refractivity contribution < 1.29 is 4.79 Å². The first-order valence-corrected chi connectivity index (χ1v) is 7.98. The van der Waals surface area contributed by atoms with E-state index in [2.05, 4.69) is 17.3 Å². The van der Waals surface area contributed by atoms with Crippen molar-refractivity contribution in [3.05, 3.63) is 27.7 Å². The Hall–Kier alpha value is -0.970. The number of rotatable bonds is 2. The highest BCUT2D eigenvalue weighted by molar-refractivity contribution is 6.39. The molecule has 3 rings (SSSR count). The molecule has 2 aliphatic heterocycles. The van der Waals surface area contributed by atoms with Gasteiger partial charge in [-0.05, 0) is 44.9 Å². The zero-order valence-corrected chi connectivity index (χ0v) is 13.4. The zero-order chi connectivity index (χ0) is 15.1. The quantitative estimate of drug-likeness (QED) is 0.821. The van der Waals surface area contributed by atoms with Crippen molar-refractivity contribution in [2.45, 2.75) is 43.8 Å². The first-order valence-electron chi connectivity index (χ1n) is 7.23. The molecule has 2 heterocycles. The maximum Gasteiger partial charge on any atom is 0.251 e. The van der Waals surface area contributed by atoms with Crippen molar-refractivity contribution in [2.24, 2.45) is 0 Å². The van der Waals surface area contributed by atoms with E-state index in [-0.39, 0.29) is 11.9 Å². The van der Waals surface area contributed by atoms with E-state index in [1.165, 1.54) is 12.8 Å². The number of nitrogen functional groups attached to an aromatic ring is 1. The summed E-state index contributed by atoms with van der Waals surface area (Å²) < 4.78 is 0. The molecule has 1 aromatic rings. The van der Waals surface area contributed by atoms with Gasteiger partial charge in [0.25, 0.3) is 5.91 Å². The Kier molecular flexibility index (Phi) is 4.04. The third-order valence-electron chi connectivity index (χ3n) is 4.77. The number of carbonyl (C=O) groups is 1. The minimum atomic E-state index is -0.132. The molecule has 0 aromatic heterocycles. The Morgan fingerprint density at radius 1 is 1.24 bits per heavy atom. The summed E-state index contributed by atoms with van der Waals surface area (Å²) in [7, 11) is 2.18. The van der Waals surface area contributed by atoms with E-state index < -0.39 is 0 Å². The molecular formula is C15H19Cl2N3O. The predicted molar refractivity (Wildman–Crippen MR) is 85.9 cm³/mol. The van der Waals surface area contributed by atoms with Crippen LogP contribution in [0.25, 0.3) is 0 Å². The van der Waals surface area contributed by atoms with E-state index in [0.29, 0.717) is 33.4 Å². The van der Waals surface area contributed by atoms with Gasteiger partial charge < -0.3 is 16.0 Å². The average Bonchev–Trinajstić information content (AvgIpc) is 2.66. The van der Waals surface area contributed by atoms with Crippen LogP contribution in [0.3, 0.4) is 0 Å². The smallest absolute Gasteiger partial charge is 0.251 e. The molecule has 1 amide bonds. The second-order valence-electron chi connectivity index (χ2n) is 6.05. The van der Waals surface area contributed by atoms with Crippen LogP contribution >= 0.6 is 23.2 Å². The van der Waals surface area contributed by atoms with Crippen molar-refractivity contribution >= 4 is 34.8 Å². The minimum absolute atomic E-state index is 0.132. The standard InChI is InChI=1S/C15H19Cl2N3O/c1-20-10-2-3-11(20)7-9(6-10)19-15(21)8-4-12(16)14(18)13(17)5-8/h4-5,9-11H,2-3,6-7,18H2,1H3,(H,19,21). The topological polar surface area (TPSA) is 58.4 Å². The van der Waals surface area contributed by atoms with Gasteiger partial charge in [-0.2, -0.15) is 0 Å². The molecule has 0 aliphatic carbocycles. The fourth-order valence-electron chi connectivity index (χ4n) is 3.51. The first kappa shape index (κ1) is 14.9. The van der Waals surface area contributed by atoms with Gasteiger partial charge in [0.1, 0.15) is 0 Å². The highest BCUT2D eigenvalue weighted by Gasteiger charge is 2.38. The largest absolute Gasteiger partial charge is 0.396 e. The molecule has 2 aliphatic rings. The van der Waals surface area contributed by atoms with Crippen LogP contribution in [0.15, 0.2) is 12.1 Å². The molecule has 1 aromatic carbocycles. The third-order valence-corrected chi connectivity index (χ3v) is 5.40. The monoisotopic (exact) mass is 327 g/mol. The summed E-state index contributed by atoms with van der Waals surface area (Å²) in [5.74, 6) is -0.132. The number of hydrogen-bond acceptors (Lipinski definition) is 3. The number of nitrogens with zero attached hydrogens (tertiary/aromatic N) is 1. The van der Waals surface area contributed by atoms with Crippen LogP contribution in [0.5, 0.6) is 0 Å². The molecule has 0 saturated carbocycles. The van der Waals surface area contributed by atoms with E-state index in [1.54, 1.807) is 12.1 Å². The lowest BCUT2D eigenvalue weighted by molar-refractivity contribution is 0.0882. The first-order chi connectivity index (χ1) is 9.95. The summed E-state index contributed by atoms with van der Waals surface area (Å²) >= 11 is 12.0. The molecule has 6 heteroatoms. The maximum absolute atomic E-state index is 12.4. The van der Waals surface area contributed by atoms with Crippen LogP contribution in [-0.4, -0.2) is 36.0 Å². The lowest BCUT2D eigenvalue weighted by atomic mass is 9.97. The van der Waals surface area contributed by atoms with Gasteiger partial charge in [0, 0.05) is 23.7 Å². The van der Waals surface area contributed by atoms with E-state index in [9.17, 15) is 4.79 Å². The van der Waals surface area contributed by atoms with Gasteiger partial charge in [0.15, 0.2) is 0 Å². The summed E-state index contributed by atoms with van der Waals surface area (Å²) in [6.07, 6.45) is 4.48. The number of nitrogens with two attached hydrogens (primary N) is 1. The van der Waals surface area contributed by atoms with Crippen molar-refractivity contribution in [3.63, 3.8) is 0 Å². The van der Waals surface area contributed by atoms with Crippen molar-refractivity contribution in [2.75, 3.05) is 12.8 Å². The number of amides is 1. The summed E-state index contributed by atoms with van der Waals surface area (Å²) in [5.41, 5.74) is 6.47. The lowest BCUT2D eigenvalue weighted by Gasteiger charge is -2.36. The van der Waals surface area contributed by atoms with Gasteiger partial charge in [-0.1, -0.05) is 23.2 Å². The normalized spacial score (nSPS) is 28.6. The Balaban J connectivity index is 1.70. The average molecular weight is 328 g/mol. The molecular weight excluding hydrogens is 309 g/mol. The second kappa shape index (κ2) is 5.67.